The minimum absolute atomic E-state index is 0.509. The molecule has 0 bridgehead atoms. The summed E-state index contributed by atoms with van der Waals surface area (Å²) in [5.74, 6) is 3.03. The molecule has 2 rings (SSSR count). The average molecular weight is 482 g/mol. The summed E-state index contributed by atoms with van der Waals surface area (Å²) in [6.45, 7) is 0.509. The molecule has 2 aromatic rings. The van der Waals surface area contributed by atoms with Crippen LogP contribution in [0.1, 0.15) is 11.1 Å². The van der Waals surface area contributed by atoms with E-state index in [1.807, 2.05) is 36.4 Å². The van der Waals surface area contributed by atoms with E-state index >= 15 is 0 Å². The first-order chi connectivity index (χ1) is 14.0. The van der Waals surface area contributed by atoms with Crippen molar-refractivity contribution in [3.63, 3.8) is 0 Å². The summed E-state index contributed by atoms with van der Waals surface area (Å²) < 4.78 is 27.6. The molecule has 0 atom stereocenters. The summed E-state index contributed by atoms with van der Waals surface area (Å²) in [5.41, 5.74) is 1.87. The molecular formula is C21H24BrNO5S. The van der Waals surface area contributed by atoms with Gasteiger partial charge in [0.05, 0.1) is 45.0 Å². The molecule has 0 aromatic heterocycles. The van der Waals surface area contributed by atoms with Crippen molar-refractivity contribution < 1.29 is 23.7 Å². The number of ether oxygens (including phenoxy) is 5. The lowest BCUT2D eigenvalue weighted by atomic mass is 10.1. The third-order valence-electron chi connectivity index (χ3n) is 4.07. The number of rotatable bonds is 9. The van der Waals surface area contributed by atoms with E-state index in [1.165, 1.54) is 0 Å². The van der Waals surface area contributed by atoms with Gasteiger partial charge >= 0.3 is 0 Å². The van der Waals surface area contributed by atoms with Crippen molar-refractivity contribution in [3.8, 4) is 28.7 Å². The Labute approximate surface area is 184 Å². The Morgan fingerprint density at radius 1 is 0.862 bits per heavy atom. The Kier molecular flexibility index (Phi) is 8.60. The molecule has 0 radical (unpaired) electrons. The largest absolute Gasteiger partial charge is 0.493 e. The van der Waals surface area contributed by atoms with Gasteiger partial charge in [0.15, 0.2) is 23.0 Å². The molecule has 6 nitrogen and oxygen atoms in total. The van der Waals surface area contributed by atoms with Gasteiger partial charge in [-0.15, -0.1) is 0 Å². The predicted molar refractivity (Wildman–Crippen MR) is 122 cm³/mol. The third-order valence-corrected chi connectivity index (χ3v) is 4.94. The molecule has 0 saturated heterocycles. The molecule has 0 aliphatic heterocycles. The fourth-order valence-corrected chi connectivity index (χ4v) is 3.45. The molecule has 0 amide bonds. The first kappa shape index (κ1) is 22.8. The summed E-state index contributed by atoms with van der Waals surface area (Å²) >= 11 is 8.90. The minimum Gasteiger partial charge on any atom is -0.493 e. The van der Waals surface area contributed by atoms with Crippen molar-refractivity contribution in [1.29, 1.82) is 0 Å². The molecule has 0 fully saturated rings. The highest BCUT2D eigenvalue weighted by molar-refractivity contribution is 9.10. The summed E-state index contributed by atoms with van der Waals surface area (Å²) in [4.78, 5) is 0.588. The van der Waals surface area contributed by atoms with Gasteiger partial charge < -0.3 is 29.0 Å². The van der Waals surface area contributed by atoms with Crippen molar-refractivity contribution in [1.82, 2.24) is 5.32 Å². The number of nitrogens with one attached hydrogen (secondary N) is 1. The van der Waals surface area contributed by atoms with E-state index in [0.717, 1.165) is 15.6 Å². The Morgan fingerprint density at radius 2 is 1.41 bits per heavy atom. The molecular weight excluding hydrogens is 458 g/mol. The molecule has 0 spiro atoms. The minimum atomic E-state index is 0.509. The van der Waals surface area contributed by atoms with Crippen molar-refractivity contribution in [3.05, 3.63) is 45.9 Å². The second-order valence-electron chi connectivity index (χ2n) is 5.82. The van der Waals surface area contributed by atoms with Crippen molar-refractivity contribution in [2.24, 2.45) is 0 Å². The second kappa shape index (κ2) is 10.9. The van der Waals surface area contributed by atoms with Crippen LogP contribution in [0, 0.1) is 0 Å². The van der Waals surface area contributed by atoms with Crippen molar-refractivity contribution in [2.45, 2.75) is 6.54 Å². The summed E-state index contributed by atoms with van der Waals surface area (Å²) in [5, 5.41) is 3.20. The smallest absolute Gasteiger partial charge is 0.203 e. The second-order valence-corrected chi connectivity index (χ2v) is 7.12. The topological polar surface area (TPSA) is 58.2 Å². The maximum atomic E-state index is 5.41. The highest BCUT2D eigenvalue weighted by atomic mass is 79.9. The summed E-state index contributed by atoms with van der Waals surface area (Å²) in [7, 11) is 7.94. The van der Waals surface area contributed by atoms with E-state index in [-0.39, 0.29) is 0 Å². The zero-order valence-corrected chi connectivity index (χ0v) is 19.4. The van der Waals surface area contributed by atoms with Crippen LogP contribution in [0.15, 0.2) is 34.8 Å². The first-order valence-electron chi connectivity index (χ1n) is 8.63. The van der Waals surface area contributed by atoms with E-state index in [4.69, 9.17) is 35.9 Å². The SMILES string of the molecule is COc1cc(C=CC(=S)NCc2cc(OC)c(OC)c(OC)c2)cc(Br)c1OC. The normalized spacial score (nSPS) is 10.6. The molecule has 156 valence electrons. The van der Waals surface area contributed by atoms with Gasteiger partial charge in [-0.05, 0) is 57.4 Å². The van der Waals surface area contributed by atoms with Crippen LogP contribution in [0.5, 0.6) is 28.7 Å². The molecule has 0 aliphatic carbocycles. The fourth-order valence-electron chi connectivity index (χ4n) is 2.69. The maximum Gasteiger partial charge on any atom is 0.203 e. The quantitative estimate of drug-likeness (QED) is 0.414. The van der Waals surface area contributed by atoms with Gasteiger partial charge in [-0.2, -0.15) is 0 Å². The van der Waals surface area contributed by atoms with Gasteiger partial charge in [-0.25, -0.2) is 0 Å². The maximum absolute atomic E-state index is 5.41. The number of halogens is 1. The molecule has 8 heteroatoms. The predicted octanol–water partition coefficient (Wildman–Crippen LogP) is 4.62. The van der Waals surface area contributed by atoms with Gasteiger partial charge in [0.2, 0.25) is 5.75 Å². The average Bonchev–Trinajstić information content (AvgIpc) is 2.74. The molecule has 0 aliphatic rings. The van der Waals surface area contributed by atoms with Crippen LogP contribution in [0.4, 0.5) is 0 Å². The van der Waals surface area contributed by atoms with E-state index < -0.39 is 0 Å². The van der Waals surface area contributed by atoms with Crippen LogP contribution >= 0.6 is 28.1 Å². The lowest BCUT2D eigenvalue weighted by Crippen LogP contribution is -2.18. The van der Waals surface area contributed by atoms with Crippen molar-refractivity contribution >= 4 is 39.2 Å². The van der Waals surface area contributed by atoms with E-state index in [0.29, 0.717) is 40.3 Å². The van der Waals surface area contributed by atoms with Crippen LogP contribution in [0.3, 0.4) is 0 Å². The van der Waals surface area contributed by atoms with Gasteiger partial charge in [-0.1, -0.05) is 18.3 Å². The Morgan fingerprint density at radius 3 is 1.93 bits per heavy atom. The van der Waals surface area contributed by atoms with Crippen LogP contribution in [-0.2, 0) is 6.54 Å². The first-order valence-corrected chi connectivity index (χ1v) is 9.83. The van der Waals surface area contributed by atoms with Crippen LogP contribution in [0.2, 0.25) is 0 Å². The zero-order chi connectivity index (χ0) is 21.4. The Hall–Kier alpha value is -2.45. The monoisotopic (exact) mass is 481 g/mol. The van der Waals surface area contributed by atoms with Gasteiger partial charge in [0, 0.05) is 6.54 Å². The third kappa shape index (κ3) is 5.77. The number of hydrogen-bond donors (Lipinski definition) is 1. The molecule has 0 heterocycles. The number of benzene rings is 2. The Balaban J connectivity index is 2.09. The molecule has 1 N–H and O–H groups in total. The number of methoxy groups -OCH3 is 5. The molecule has 0 unspecified atom stereocenters. The summed E-state index contributed by atoms with van der Waals surface area (Å²) in [6.07, 6.45) is 3.72. The molecule has 29 heavy (non-hydrogen) atoms. The van der Waals surface area contributed by atoms with Crippen LogP contribution in [-0.4, -0.2) is 40.5 Å². The standard InChI is InChI=1S/C21H24BrNO5S/c1-24-16-9-13(8-15(22)20(16)27-4)6-7-19(29)23-12-14-10-17(25-2)21(28-5)18(11-14)26-3/h6-11H,12H2,1-5H3,(H,23,29). The van der Waals surface area contributed by atoms with E-state index in [9.17, 15) is 0 Å². The van der Waals surface area contributed by atoms with Crippen LogP contribution in [0.25, 0.3) is 6.08 Å². The van der Waals surface area contributed by atoms with Crippen LogP contribution < -0.4 is 29.0 Å². The highest BCUT2D eigenvalue weighted by Gasteiger charge is 2.13. The zero-order valence-electron chi connectivity index (χ0n) is 17.0. The fraction of sp³-hybridized carbons (Fsp3) is 0.286. The molecule has 2 aromatic carbocycles. The van der Waals surface area contributed by atoms with E-state index in [1.54, 1.807) is 35.5 Å². The lowest BCUT2D eigenvalue weighted by Gasteiger charge is -2.14. The molecule has 0 saturated carbocycles. The Bertz CT molecular complexity index is 876. The lowest BCUT2D eigenvalue weighted by molar-refractivity contribution is 0.323. The number of thiocarbonyl (C=S) groups is 1. The van der Waals surface area contributed by atoms with Gasteiger partial charge in [0.1, 0.15) is 0 Å². The van der Waals surface area contributed by atoms with E-state index in [2.05, 4.69) is 21.2 Å². The van der Waals surface area contributed by atoms with Gasteiger partial charge in [-0.3, -0.25) is 0 Å². The van der Waals surface area contributed by atoms with Gasteiger partial charge in [0.25, 0.3) is 0 Å². The van der Waals surface area contributed by atoms with Crippen molar-refractivity contribution in [2.75, 3.05) is 35.5 Å². The number of hydrogen-bond acceptors (Lipinski definition) is 6. The highest BCUT2D eigenvalue weighted by Crippen LogP contribution is 2.38. The summed E-state index contributed by atoms with van der Waals surface area (Å²) in [6, 6.07) is 7.57.